The van der Waals surface area contributed by atoms with E-state index in [1.54, 1.807) is 11.3 Å². The first-order valence-corrected chi connectivity index (χ1v) is 17.7. The predicted molar refractivity (Wildman–Crippen MR) is 189 cm³/mol. The third kappa shape index (κ3) is 11.7. The first-order valence-electron chi connectivity index (χ1n) is 16.8. The highest BCUT2D eigenvalue weighted by Gasteiger charge is 2.44. The van der Waals surface area contributed by atoms with Crippen molar-refractivity contribution in [1.29, 1.82) is 0 Å². The Morgan fingerprint density at radius 1 is 0.960 bits per heavy atom. The normalized spacial score (nSPS) is 16.5. The summed E-state index contributed by atoms with van der Waals surface area (Å²) in [7, 11) is 0. The molecule has 1 fully saturated rings. The smallest absolute Gasteiger partial charge is 0.308 e. The number of hydrogen-bond donors (Lipinski definition) is 3. The molecule has 4 rings (SSSR count). The van der Waals surface area contributed by atoms with Crippen molar-refractivity contribution in [2.45, 2.75) is 78.3 Å². The number of likely N-dealkylation sites (tertiary alicyclic amines) is 1. The molecule has 270 valence electrons. The summed E-state index contributed by atoms with van der Waals surface area (Å²) in [6.45, 7) is 8.72. The Kier molecular flexibility index (Phi) is 14.5. The summed E-state index contributed by atoms with van der Waals surface area (Å²) in [6.07, 6.45) is -0.615. The van der Waals surface area contributed by atoms with Gasteiger partial charge >= 0.3 is 5.97 Å². The number of ether oxygens (including phenoxy) is 3. The molecule has 1 saturated heterocycles. The van der Waals surface area contributed by atoms with Crippen molar-refractivity contribution in [2.75, 3.05) is 33.0 Å². The molecule has 0 spiro atoms. The Morgan fingerprint density at radius 3 is 2.28 bits per heavy atom. The van der Waals surface area contributed by atoms with Gasteiger partial charge in [-0.25, -0.2) is 4.98 Å². The van der Waals surface area contributed by atoms with Gasteiger partial charge in [0.2, 0.25) is 17.7 Å². The number of carbonyl (C=O) groups excluding carboxylic acids is 4. The molecule has 2 aromatic carbocycles. The zero-order valence-corrected chi connectivity index (χ0v) is 30.0. The molecule has 0 radical (unpaired) electrons. The lowest BCUT2D eigenvalue weighted by molar-refractivity contribution is -0.146. The van der Waals surface area contributed by atoms with E-state index < -0.39 is 29.5 Å². The van der Waals surface area contributed by atoms with Crippen LogP contribution in [0.5, 0.6) is 0 Å². The first kappa shape index (κ1) is 38.6. The standard InChI is InChI=1S/C37H48N4O8S/c1-25-33(50-24-39-25)28-12-10-26(11-13-28)21-38-35(45)30-20-29(42)22-41(30)36(46)34(37(2,3)4)40-31(43)14-16-47-18-19-48-17-15-32(44)49-23-27-8-6-5-7-9-27/h5-13,24,29-30,34,42H,14-23H2,1-4H3,(H,38,45)(H,40,43). The van der Waals surface area contributed by atoms with Crippen LogP contribution in [0.1, 0.15) is 56.9 Å². The van der Waals surface area contributed by atoms with Crippen LogP contribution in [-0.2, 0) is 46.5 Å². The van der Waals surface area contributed by atoms with Crippen LogP contribution in [0.3, 0.4) is 0 Å². The van der Waals surface area contributed by atoms with E-state index in [4.69, 9.17) is 14.2 Å². The second-order valence-corrected chi connectivity index (χ2v) is 14.2. The zero-order valence-electron chi connectivity index (χ0n) is 29.2. The van der Waals surface area contributed by atoms with Gasteiger partial charge in [0.05, 0.1) is 55.0 Å². The molecule has 0 saturated carbocycles. The molecule has 3 unspecified atom stereocenters. The van der Waals surface area contributed by atoms with Crippen molar-refractivity contribution in [2.24, 2.45) is 5.41 Å². The van der Waals surface area contributed by atoms with Crippen molar-refractivity contribution >= 4 is 35.0 Å². The molecule has 1 aliphatic heterocycles. The molecule has 13 heteroatoms. The molecule has 3 aromatic rings. The summed E-state index contributed by atoms with van der Waals surface area (Å²) in [5.74, 6) is -1.52. The lowest BCUT2D eigenvalue weighted by atomic mass is 9.85. The fraction of sp³-hybridized carbons (Fsp3) is 0.486. The van der Waals surface area contributed by atoms with Gasteiger partial charge in [-0.1, -0.05) is 75.4 Å². The Balaban J connectivity index is 1.17. The number of aliphatic hydroxyl groups is 1. The van der Waals surface area contributed by atoms with E-state index in [0.29, 0.717) is 0 Å². The molecule has 3 N–H and O–H groups in total. The molecule has 0 aliphatic carbocycles. The van der Waals surface area contributed by atoms with E-state index >= 15 is 0 Å². The topological polar surface area (TPSA) is 156 Å². The number of esters is 1. The van der Waals surface area contributed by atoms with Crippen LogP contribution in [-0.4, -0.2) is 89.8 Å². The molecule has 3 amide bonds. The van der Waals surface area contributed by atoms with Gasteiger partial charge < -0.3 is 34.9 Å². The number of hydrogen-bond acceptors (Lipinski definition) is 10. The Hall–Kier alpha value is -4.17. The lowest BCUT2D eigenvalue weighted by Gasteiger charge is -2.35. The van der Waals surface area contributed by atoms with Crippen molar-refractivity contribution in [3.63, 3.8) is 0 Å². The number of aryl methyl sites for hydroxylation is 1. The van der Waals surface area contributed by atoms with Gasteiger partial charge in [0.1, 0.15) is 18.7 Å². The van der Waals surface area contributed by atoms with Gasteiger partial charge in [0.25, 0.3) is 0 Å². The largest absolute Gasteiger partial charge is 0.461 e. The summed E-state index contributed by atoms with van der Waals surface area (Å²) in [5.41, 5.74) is 4.97. The molecule has 1 aromatic heterocycles. The maximum Gasteiger partial charge on any atom is 0.308 e. The highest BCUT2D eigenvalue weighted by Crippen LogP contribution is 2.28. The first-order chi connectivity index (χ1) is 23.9. The molecule has 1 aliphatic rings. The van der Waals surface area contributed by atoms with Crippen LogP contribution in [0.25, 0.3) is 10.4 Å². The average Bonchev–Trinajstić information content (AvgIpc) is 3.71. The molecule has 2 heterocycles. The van der Waals surface area contributed by atoms with E-state index in [9.17, 15) is 24.3 Å². The SMILES string of the molecule is Cc1ncsc1-c1ccc(CNC(=O)C2CC(O)CN2C(=O)C(NC(=O)CCOCCOCCC(=O)OCc2ccccc2)C(C)(C)C)cc1. The van der Waals surface area contributed by atoms with Crippen LogP contribution in [0.4, 0.5) is 0 Å². The minimum atomic E-state index is -0.927. The third-order valence-corrected chi connectivity index (χ3v) is 9.23. The number of aliphatic hydroxyl groups excluding tert-OH is 1. The molecule has 3 atom stereocenters. The van der Waals surface area contributed by atoms with Crippen LogP contribution in [0.2, 0.25) is 0 Å². The van der Waals surface area contributed by atoms with Crippen LogP contribution >= 0.6 is 11.3 Å². The second-order valence-electron chi connectivity index (χ2n) is 13.3. The lowest BCUT2D eigenvalue weighted by Crippen LogP contribution is -2.57. The van der Waals surface area contributed by atoms with E-state index in [-0.39, 0.29) is 83.2 Å². The van der Waals surface area contributed by atoms with Gasteiger partial charge in [-0.2, -0.15) is 0 Å². The molecule has 50 heavy (non-hydrogen) atoms. The number of carbonyl (C=O) groups is 4. The average molecular weight is 709 g/mol. The van der Waals surface area contributed by atoms with Gasteiger partial charge in [0, 0.05) is 25.9 Å². The van der Waals surface area contributed by atoms with E-state index in [1.165, 1.54) is 4.90 Å². The number of thiazole rings is 1. The maximum atomic E-state index is 13.8. The van der Waals surface area contributed by atoms with Crippen molar-refractivity contribution in [3.05, 3.63) is 76.9 Å². The number of aromatic nitrogens is 1. The fourth-order valence-electron chi connectivity index (χ4n) is 5.47. The minimum Gasteiger partial charge on any atom is -0.461 e. The summed E-state index contributed by atoms with van der Waals surface area (Å²) in [5, 5.41) is 16.2. The summed E-state index contributed by atoms with van der Waals surface area (Å²) >= 11 is 1.57. The van der Waals surface area contributed by atoms with E-state index in [1.807, 2.05) is 87.8 Å². The van der Waals surface area contributed by atoms with Gasteiger partial charge in [-0.05, 0) is 29.0 Å². The van der Waals surface area contributed by atoms with E-state index in [0.717, 1.165) is 27.3 Å². The van der Waals surface area contributed by atoms with Gasteiger partial charge in [-0.15, -0.1) is 11.3 Å². The third-order valence-electron chi connectivity index (χ3n) is 8.25. The monoisotopic (exact) mass is 708 g/mol. The second kappa shape index (κ2) is 18.7. The Morgan fingerprint density at radius 2 is 1.64 bits per heavy atom. The van der Waals surface area contributed by atoms with Crippen molar-refractivity contribution in [1.82, 2.24) is 20.5 Å². The number of amides is 3. The van der Waals surface area contributed by atoms with Crippen molar-refractivity contribution < 1.29 is 38.5 Å². The molecular weight excluding hydrogens is 660 g/mol. The number of rotatable bonds is 17. The number of nitrogens with zero attached hydrogens (tertiary/aromatic N) is 2. The van der Waals surface area contributed by atoms with Crippen LogP contribution < -0.4 is 10.6 Å². The maximum absolute atomic E-state index is 13.8. The van der Waals surface area contributed by atoms with Crippen LogP contribution in [0.15, 0.2) is 60.1 Å². The zero-order chi connectivity index (χ0) is 36.1. The van der Waals surface area contributed by atoms with Gasteiger partial charge in [0.15, 0.2) is 0 Å². The number of nitrogens with one attached hydrogen (secondary N) is 2. The molecular formula is C37H48N4O8S. The Bertz CT molecular complexity index is 1560. The van der Waals surface area contributed by atoms with Crippen LogP contribution in [0, 0.1) is 12.3 Å². The quantitative estimate of drug-likeness (QED) is 0.140. The molecule has 0 bridgehead atoms. The van der Waals surface area contributed by atoms with Crippen molar-refractivity contribution in [3.8, 4) is 10.4 Å². The fourth-order valence-corrected chi connectivity index (χ4v) is 6.28. The molecule has 12 nitrogen and oxygen atoms in total. The predicted octanol–water partition coefficient (Wildman–Crippen LogP) is 3.78. The Labute approximate surface area is 297 Å². The number of β-amino-alcohol motifs (C(OH)–C–C–N with tert-alkyl or cyclic N) is 1. The van der Waals surface area contributed by atoms with E-state index in [2.05, 4.69) is 15.6 Å². The number of benzene rings is 2. The highest BCUT2D eigenvalue weighted by atomic mass is 32.1. The minimum absolute atomic E-state index is 0.00384. The summed E-state index contributed by atoms with van der Waals surface area (Å²) < 4.78 is 16.2. The summed E-state index contributed by atoms with van der Waals surface area (Å²) in [6, 6.07) is 15.5. The van der Waals surface area contributed by atoms with Gasteiger partial charge in [-0.3, -0.25) is 19.2 Å². The highest BCUT2D eigenvalue weighted by molar-refractivity contribution is 7.13. The summed E-state index contributed by atoms with van der Waals surface area (Å²) in [4.78, 5) is 58.6.